The Morgan fingerprint density at radius 1 is 1.24 bits per heavy atom. The van der Waals surface area contributed by atoms with Crippen LogP contribution in [0.4, 0.5) is 5.00 Å². The lowest BCUT2D eigenvalue weighted by Gasteiger charge is -2.11. The average Bonchev–Trinajstić information content (AvgIpc) is 2.79. The fraction of sp³-hybridized carbons (Fsp3) is 0.312. The van der Waals surface area contributed by atoms with Crippen molar-refractivity contribution in [1.82, 2.24) is 0 Å². The number of nitriles is 1. The molecular formula is C16H18N2O2S. The molecule has 1 heterocycles. The van der Waals surface area contributed by atoms with Gasteiger partial charge in [0.1, 0.15) is 22.6 Å². The summed E-state index contributed by atoms with van der Waals surface area (Å²) in [5.41, 5.74) is 2.79. The van der Waals surface area contributed by atoms with Gasteiger partial charge in [-0.25, -0.2) is 0 Å². The average molecular weight is 302 g/mol. The van der Waals surface area contributed by atoms with E-state index in [2.05, 4.69) is 11.4 Å². The Kier molecular flexibility index (Phi) is 4.71. The van der Waals surface area contributed by atoms with Gasteiger partial charge < -0.3 is 14.8 Å². The summed E-state index contributed by atoms with van der Waals surface area (Å²) in [6.45, 7) is 4.60. The summed E-state index contributed by atoms with van der Waals surface area (Å²) in [5, 5.41) is 13.5. The lowest BCUT2D eigenvalue weighted by Crippen LogP contribution is -2.02. The normalized spacial score (nSPS) is 10.0. The van der Waals surface area contributed by atoms with Crippen LogP contribution in [0, 0.1) is 25.2 Å². The quantitative estimate of drug-likeness (QED) is 0.911. The van der Waals surface area contributed by atoms with Crippen molar-refractivity contribution in [2.45, 2.75) is 20.4 Å². The van der Waals surface area contributed by atoms with Crippen molar-refractivity contribution < 1.29 is 9.47 Å². The first-order valence-corrected chi connectivity index (χ1v) is 7.37. The summed E-state index contributed by atoms with van der Waals surface area (Å²) >= 11 is 1.61. The van der Waals surface area contributed by atoms with Gasteiger partial charge in [-0.05, 0) is 31.5 Å². The Morgan fingerprint density at radius 2 is 2.00 bits per heavy atom. The first-order chi connectivity index (χ1) is 10.1. The molecule has 0 bridgehead atoms. The van der Waals surface area contributed by atoms with E-state index in [1.54, 1.807) is 25.6 Å². The zero-order valence-corrected chi connectivity index (χ0v) is 13.4. The van der Waals surface area contributed by atoms with Crippen LogP contribution >= 0.6 is 11.3 Å². The van der Waals surface area contributed by atoms with E-state index in [0.29, 0.717) is 6.54 Å². The van der Waals surface area contributed by atoms with Crippen LogP contribution in [-0.2, 0) is 6.54 Å². The minimum Gasteiger partial charge on any atom is -0.497 e. The van der Waals surface area contributed by atoms with Gasteiger partial charge in [0, 0.05) is 23.1 Å². The molecule has 1 aromatic heterocycles. The summed E-state index contributed by atoms with van der Waals surface area (Å²) < 4.78 is 10.6. The molecule has 4 nitrogen and oxygen atoms in total. The van der Waals surface area contributed by atoms with Gasteiger partial charge in [-0.3, -0.25) is 0 Å². The first-order valence-electron chi connectivity index (χ1n) is 6.55. The van der Waals surface area contributed by atoms with Gasteiger partial charge in [0.05, 0.1) is 19.8 Å². The molecule has 1 aromatic carbocycles. The van der Waals surface area contributed by atoms with Crippen molar-refractivity contribution in [3.8, 4) is 17.6 Å². The number of hydrogen-bond acceptors (Lipinski definition) is 5. The molecule has 0 atom stereocenters. The van der Waals surface area contributed by atoms with Gasteiger partial charge in [0.25, 0.3) is 0 Å². The highest BCUT2D eigenvalue weighted by molar-refractivity contribution is 7.16. The fourth-order valence-electron chi connectivity index (χ4n) is 2.06. The summed E-state index contributed by atoms with van der Waals surface area (Å²) in [6.07, 6.45) is 0. The second-order valence-corrected chi connectivity index (χ2v) is 5.86. The Bertz CT molecular complexity index is 686. The zero-order valence-electron chi connectivity index (χ0n) is 12.6. The van der Waals surface area contributed by atoms with Crippen LogP contribution in [0.2, 0.25) is 0 Å². The summed E-state index contributed by atoms with van der Waals surface area (Å²) in [4.78, 5) is 1.16. The monoisotopic (exact) mass is 302 g/mol. The predicted molar refractivity (Wildman–Crippen MR) is 85.4 cm³/mol. The topological polar surface area (TPSA) is 54.3 Å². The Balaban J connectivity index is 2.21. The van der Waals surface area contributed by atoms with Crippen molar-refractivity contribution in [3.63, 3.8) is 0 Å². The number of thiophene rings is 1. The Morgan fingerprint density at radius 3 is 2.62 bits per heavy atom. The molecule has 2 rings (SSSR count). The molecule has 0 saturated carbocycles. The van der Waals surface area contributed by atoms with E-state index in [1.807, 2.05) is 32.0 Å². The van der Waals surface area contributed by atoms with Crippen molar-refractivity contribution in [2.75, 3.05) is 19.5 Å². The third kappa shape index (κ3) is 3.11. The molecule has 0 spiro atoms. The second-order valence-electron chi connectivity index (χ2n) is 4.63. The van der Waals surface area contributed by atoms with Crippen LogP contribution in [0.15, 0.2) is 18.2 Å². The second kappa shape index (κ2) is 6.51. The number of nitrogens with zero attached hydrogens (tertiary/aromatic N) is 1. The molecule has 0 amide bonds. The van der Waals surface area contributed by atoms with E-state index < -0.39 is 0 Å². The highest BCUT2D eigenvalue weighted by Crippen LogP contribution is 2.33. The molecule has 0 aliphatic heterocycles. The predicted octanol–water partition coefficient (Wildman–Crippen LogP) is 3.87. The van der Waals surface area contributed by atoms with Gasteiger partial charge in [0.2, 0.25) is 0 Å². The molecule has 1 N–H and O–H groups in total. The minimum atomic E-state index is 0.598. The largest absolute Gasteiger partial charge is 0.497 e. The molecule has 0 aliphatic carbocycles. The number of nitrogens with one attached hydrogen (secondary N) is 1. The van der Waals surface area contributed by atoms with Crippen LogP contribution in [0.5, 0.6) is 11.5 Å². The number of hydrogen-bond donors (Lipinski definition) is 1. The molecule has 0 saturated heterocycles. The Hall–Kier alpha value is -2.19. The van der Waals surface area contributed by atoms with Crippen LogP contribution in [0.1, 0.15) is 21.6 Å². The van der Waals surface area contributed by atoms with Gasteiger partial charge >= 0.3 is 0 Å². The highest BCUT2D eigenvalue weighted by atomic mass is 32.1. The smallest absolute Gasteiger partial charge is 0.127 e. The lowest BCUT2D eigenvalue weighted by atomic mass is 10.1. The van der Waals surface area contributed by atoms with E-state index in [4.69, 9.17) is 9.47 Å². The van der Waals surface area contributed by atoms with Crippen LogP contribution in [-0.4, -0.2) is 14.2 Å². The maximum atomic E-state index is 9.25. The third-order valence-electron chi connectivity index (χ3n) is 3.43. The van der Waals surface area contributed by atoms with Gasteiger partial charge in [-0.2, -0.15) is 5.26 Å². The molecule has 0 radical (unpaired) electrons. The Labute approximate surface area is 128 Å². The highest BCUT2D eigenvalue weighted by Gasteiger charge is 2.13. The van der Waals surface area contributed by atoms with E-state index in [9.17, 15) is 5.26 Å². The molecule has 110 valence electrons. The SMILES string of the molecule is COc1ccc(CNc2sc(C)c(C)c2C#N)c(OC)c1. The van der Waals surface area contributed by atoms with Crippen LogP contribution in [0.3, 0.4) is 0 Å². The standard InChI is InChI=1S/C16H18N2O2S/c1-10-11(2)21-16(14(10)8-17)18-9-12-5-6-13(19-3)7-15(12)20-4/h5-7,18H,9H2,1-4H3. The molecule has 0 unspecified atom stereocenters. The van der Waals surface area contributed by atoms with Gasteiger partial charge in [-0.1, -0.05) is 0 Å². The minimum absolute atomic E-state index is 0.598. The summed E-state index contributed by atoms with van der Waals surface area (Å²) in [5.74, 6) is 1.53. The van der Waals surface area contributed by atoms with Crippen molar-refractivity contribution in [2.24, 2.45) is 0 Å². The lowest BCUT2D eigenvalue weighted by molar-refractivity contribution is 0.391. The molecule has 0 aliphatic rings. The van der Waals surface area contributed by atoms with Crippen LogP contribution in [0.25, 0.3) is 0 Å². The summed E-state index contributed by atoms with van der Waals surface area (Å²) in [7, 11) is 3.27. The van der Waals surface area contributed by atoms with E-state index >= 15 is 0 Å². The van der Waals surface area contributed by atoms with Crippen molar-refractivity contribution >= 4 is 16.3 Å². The summed E-state index contributed by atoms with van der Waals surface area (Å²) in [6, 6.07) is 7.98. The van der Waals surface area contributed by atoms with Crippen molar-refractivity contribution in [1.29, 1.82) is 5.26 Å². The number of methoxy groups -OCH3 is 2. The zero-order chi connectivity index (χ0) is 15.4. The van der Waals surface area contributed by atoms with E-state index in [-0.39, 0.29) is 0 Å². The van der Waals surface area contributed by atoms with Gasteiger partial charge in [0.15, 0.2) is 0 Å². The number of ether oxygens (including phenoxy) is 2. The molecular weight excluding hydrogens is 284 g/mol. The van der Waals surface area contributed by atoms with E-state index in [1.165, 1.54) is 0 Å². The third-order valence-corrected chi connectivity index (χ3v) is 4.60. The fourth-order valence-corrected chi connectivity index (χ4v) is 3.07. The number of rotatable bonds is 5. The number of aryl methyl sites for hydroxylation is 1. The van der Waals surface area contributed by atoms with E-state index in [0.717, 1.165) is 38.1 Å². The molecule has 5 heteroatoms. The maximum Gasteiger partial charge on any atom is 0.127 e. The van der Waals surface area contributed by atoms with Gasteiger partial charge in [-0.15, -0.1) is 11.3 Å². The van der Waals surface area contributed by atoms with Crippen molar-refractivity contribution in [3.05, 3.63) is 39.8 Å². The molecule has 21 heavy (non-hydrogen) atoms. The van der Waals surface area contributed by atoms with Crippen LogP contribution < -0.4 is 14.8 Å². The first kappa shape index (κ1) is 15.2. The maximum absolute atomic E-state index is 9.25. The molecule has 2 aromatic rings. The molecule has 0 fully saturated rings. The number of benzene rings is 1. The number of anilines is 1.